The van der Waals surface area contributed by atoms with Crippen LogP contribution >= 0.6 is 0 Å². The molecule has 0 spiro atoms. The topological polar surface area (TPSA) is 129 Å². The zero-order valence-corrected chi connectivity index (χ0v) is 16.8. The van der Waals surface area contributed by atoms with E-state index in [4.69, 9.17) is 9.56 Å². The molecule has 0 aliphatic rings. The largest absolute Gasteiger partial charge is 0.422 e. The van der Waals surface area contributed by atoms with E-state index in [1.807, 2.05) is 6.07 Å². The summed E-state index contributed by atoms with van der Waals surface area (Å²) in [4.78, 5) is 24.7. The highest BCUT2D eigenvalue weighted by molar-refractivity contribution is 7.84. The van der Waals surface area contributed by atoms with Crippen molar-refractivity contribution in [2.24, 2.45) is 5.14 Å². The monoisotopic (exact) mass is 436 g/mol. The van der Waals surface area contributed by atoms with Gasteiger partial charge in [0.1, 0.15) is 11.3 Å². The van der Waals surface area contributed by atoms with Crippen LogP contribution in [0.5, 0.6) is 5.75 Å². The Labute approximate surface area is 177 Å². The van der Waals surface area contributed by atoms with Crippen LogP contribution in [-0.4, -0.2) is 14.3 Å². The van der Waals surface area contributed by atoms with Gasteiger partial charge in [0.15, 0.2) is 0 Å². The number of nitrogens with two attached hydrogens (primary N) is 1. The van der Waals surface area contributed by atoms with Crippen LogP contribution in [0.3, 0.4) is 0 Å². The molecule has 31 heavy (non-hydrogen) atoms. The molecule has 9 heteroatoms. The van der Waals surface area contributed by atoms with Gasteiger partial charge in [0.2, 0.25) is 0 Å². The van der Waals surface area contributed by atoms with Crippen molar-refractivity contribution in [1.29, 1.82) is 0 Å². The van der Waals surface area contributed by atoms with Crippen molar-refractivity contribution in [3.8, 4) is 16.9 Å². The van der Waals surface area contributed by atoms with Crippen molar-refractivity contribution >= 4 is 32.9 Å². The summed E-state index contributed by atoms with van der Waals surface area (Å²) < 4.78 is 32.0. The van der Waals surface area contributed by atoms with Gasteiger partial charge in [-0.1, -0.05) is 30.3 Å². The van der Waals surface area contributed by atoms with Crippen LogP contribution in [-0.2, 0) is 10.3 Å². The molecule has 1 amide bonds. The van der Waals surface area contributed by atoms with Gasteiger partial charge in [-0.25, -0.2) is 4.79 Å². The first-order chi connectivity index (χ1) is 14.8. The Balaban J connectivity index is 1.59. The minimum atomic E-state index is -4.19. The number of benzene rings is 3. The summed E-state index contributed by atoms with van der Waals surface area (Å²) in [6, 6.07) is 21.4. The first-order valence-electron chi connectivity index (χ1n) is 9.05. The van der Waals surface area contributed by atoms with E-state index in [0.29, 0.717) is 27.8 Å². The Hall–Kier alpha value is -3.95. The number of nitrogens with one attached hydrogen (secondary N) is 1. The number of anilines is 1. The standard InChI is InChI=1S/C22H16N2O6S/c23-31(27,28)30-18-11-8-16-12-19(22(26)29-20(16)13-18)14-6-9-17(10-7-14)24-21(25)15-4-2-1-3-5-15/h1-13H,(H,24,25)(H2,23,27,28). The minimum absolute atomic E-state index is 0.0654. The Kier molecular flexibility index (Phi) is 5.28. The van der Waals surface area contributed by atoms with E-state index in [1.165, 1.54) is 12.1 Å². The van der Waals surface area contributed by atoms with Gasteiger partial charge in [-0.05, 0) is 48.0 Å². The van der Waals surface area contributed by atoms with E-state index in [-0.39, 0.29) is 17.2 Å². The number of fused-ring (bicyclic) bond motifs is 1. The predicted octanol–water partition coefficient (Wildman–Crippen LogP) is 3.29. The highest BCUT2D eigenvalue weighted by Crippen LogP contribution is 2.25. The third-order valence-corrected chi connectivity index (χ3v) is 4.83. The van der Waals surface area contributed by atoms with Crippen molar-refractivity contribution in [2.45, 2.75) is 0 Å². The number of rotatable bonds is 5. The molecule has 0 aliphatic carbocycles. The molecule has 1 aromatic heterocycles. The van der Waals surface area contributed by atoms with Crippen LogP contribution in [0.1, 0.15) is 10.4 Å². The van der Waals surface area contributed by atoms with Crippen molar-refractivity contribution in [2.75, 3.05) is 5.32 Å². The van der Waals surface area contributed by atoms with Gasteiger partial charge in [-0.2, -0.15) is 13.6 Å². The van der Waals surface area contributed by atoms with Gasteiger partial charge in [-0.3, -0.25) is 4.79 Å². The Morgan fingerprint density at radius 2 is 1.65 bits per heavy atom. The first kappa shape index (κ1) is 20.3. The lowest BCUT2D eigenvalue weighted by Crippen LogP contribution is -2.18. The molecule has 0 saturated carbocycles. The molecule has 0 unspecified atom stereocenters. The molecule has 156 valence electrons. The molecular weight excluding hydrogens is 420 g/mol. The molecule has 0 bridgehead atoms. The third-order valence-electron chi connectivity index (χ3n) is 4.41. The van der Waals surface area contributed by atoms with Crippen LogP contribution in [0.4, 0.5) is 5.69 Å². The quantitative estimate of drug-likeness (QED) is 0.462. The Bertz CT molecular complexity index is 1430. The second-order valence-corrected chi connectivity index (χ2v) is 7.77. The molecule has 4 rings (SSSR count). The zero-order valence-electron chi connectivity index (χ0n) is 15.9. The summed E-state index contributed by atoms with van der Waals surface area (Å²) in [5, 5.41) is 8.21. The van der Waals surface area contributed by atoms with Crippen LogP contribution in [0, 0.1) is 0 Å². The fraction of sp³-hybridized carbons (Fsp3) is 0. The lowest BCUT2D eigenvalue weighted by molar-refractivity contribution is 0.102. The number of hydrogen-bond acceptors (Lipinski definition) is 6. The number of carbonyl (C=O) groups excluding carboxylic acids is 1. The summed E-state index contributed by atoms with van der Waals surface area (Å²) in [6.45, 7) is 0. The zero-order chi connectivity index (χ0) is 22.0. The Morgan fingerprint density at radius 3 is 2.32 bits per heavy atom. The smallest absolute Gasteiger partial charge is 0.380 e. The van der Waals surface area contributed by atoms with Crippen LogP contribution in [0.25, 0.3) is 22.1 Å². The lowest BCUT2D eigenvalue weighted by atomic mass is 10.1. The summed E-state index contributed by atoms with van der Waals surface area (Å²) in [7, 11) is -4.19. The number of amides is 1. The van der Waals surface area contributed by atoms with Crippen molar-refractivity contribution in [3.63, 3.8) is 0 Å². The molecule has 0 atom stereocenters. The average Bonchev–Trinajstić information content (AvgIpc) is 2.73. The van der Waals surface area contributed by atoms with Gasteiger partial charge < -0.3 is 13.9 Å². The molecule has 1 heterocycles. The fourth-order valence-corrected chi connectivity index (χ4v) is 3.38. The second-order valence-electron chi connectivity index (χ2n) is 6.62. The van der Waals surface area contributed by atoms with Crippen LogP contribution < -0.4 is 20.3 Å². The predicted molar refractivity (Wildman–Crippen MR) is 116 cm³/mol. The van der Waals surface area contributed by atoms with Gasteiger partial charge in [0.25, 0.3) is 5.91 Å². The number of carbonyl (C=O) groups is 1. The third kappa shape index (κ3) is 4.80. The first-order valence-corrected chi connectivity index (χ1v) is 10.5. The average molecular weight is 436 g/mol. The van der Waals surface area contributed by atoms with Gasteiger partial charge in [-0.15, -0.1) is 0 Å². The SMILES string of the molecule is NS(=O)(=O)Oc1ccc2cc(-c3ccc(NC(=O)c4ccccc4)cc3)c(=O)oc2c1. The van der Waals surface area contributed by atoms with Gasteiger partial charge >= 0.3 is 15.9 Å². The van der Waals surface area contributed by atoms with Crippen molar-refractivity contribution in [3.05, 3.63) is 94.8 Å². The molecule has 0 radical (unpaired) electrons. The molecule has 0 saturated heterocycles. The molecular formula is C22H16N2O6S. The minimum Gasteiger partial charge on any atom is -0.422 e. The molecule has 4 aromatic rings. The van der Waals surface area contributed by atoms with E-state index in [2.05, 4.69) is 9.50 Å². The molecule has 3 aromatic carbocycles. The van der Waals surface area contributed by atoms with Gasteiger partial charge in [0, 0.05) is 22.7 Å². The van der Waals surface area contributed by atoms with E-state index >= 15 is 0 Å². The molecule has 3 N–H and O–H groups in total. The molecule has 8 nitrogen and oxygen atoms in total. The summed E-state index contributed by atoms with van der Waals surface area (Å²) in [6.07, 6.45) is 0. The second kappa shape index (κ2) is 8.05. The molecule has 0 fully saturated rings. The molecule has 0 aliphatic heterocycles. The summed E-state index contributed by atoms with van der Waals surface area (Å²) in [5.41, 5.74) is 1.56. The lowest BCUT2D eigenvalue weighted by Gasteiger charge is -2.08. The normalized spacial score (nSPS) is 11.3. The van der Waals surface area contributed by atoms with Gasteiger partial charge in [0.05, 0.1) is 5.56 Å². The Morgan fingerprint density at radius 1 is 0.935 bits per heavy atom. The maximum atomic E-state index is 12.5. The highest BCUT2D eigenvalue weighted by atomic mass is 32.2. The summed E-state index contributed by atoms with van der Waals surface area (Å²) in [5.74, 6) is -0.305. The fourth-order valence-electron chi connectivity index (χ4n) is 3.00. The highest BCUT2D eigenvalue weighted by Gasteiger charge is 2.12. The van der Waals surface area contributed by atoms with E-state index < -0.39 is 15.9 Å². The van der Waals surface area contributed by atoms with Crippen molar-refractivity contribution in [1.82, 2.24) is 0 Å². The van der Waals surface area contributed by atoms with Crippen LogP contribution in [0.2, 0.25) is 0 Å². The van der Waals surface area contributed by atoms with Crippen LogP contribution in [0.15, 0.2) is 88.1 Å². The maximum Gasteiger partial charge on any atom is 0.380 e. The maximum absolute atomic E-state index is 12.5. The summed E-state index contributed by atoms with van der Waals surface area (Å²) >= 11 is 0. The number of hydrogen-bond donors (Lipinski definition) is 2. The van der Waals surface area contributed by atoms with E-state index in [0.717, 1.165) is 0 Å². The van der Waals surface area contributed by atoms with Crippen molar-refractivity contribution < 1.29 is 21.8 Å². The van der Waals surface area contributed by atoms with E-state index in [1.54, 1.807) is 60.7 Å². The van der Waals surface area contributed by atoms with E-state index in [9.17, 15) is 18.0 Å².